The summed E-state index contributed by atoms with van der Waals surface area (Å²) >= 11 is 0. The van der Waals surface area contributed by atoms with E-state index in [0.29, 0.717) is 12.3 Å². The van der Waals surface area contributed by atoms with E-state index in [0.717, 1.165) is 16.5 Å². The Morgan fingerprint density at radius 2 is 2.05 bits per heavy atom. The Morgan fingerprint density at radius 3 is 2.81 bits per heavy atom. The van der Waals surface area contributed by atoms with Gasteiger partial charge in [0.1, 0.15) is 0 Å². The molecule has 0 saturated carbocycles. The van der Waals surface area contributed by atoms with Crippen molar-refractivity contribution in [2.75, 3.05) is 12.3 Å². The summed E-state index contributed by atoms with van der Waals surface area (Å²) in [6.07, 6.45) is 1.54. The highest BCUT2D eigenvalue weighted by Crippen LogP contribution is 2.27. The van der Waals surface area contributed by atoms with Crippen LogP contribution in [0.5, 0.6) is 0 Å². The topological polar surface area (TPSA) is 83.0 Å². The maximum absolute atomic E-state index is 11.7. The molecule has 3 rings (SSSR count). The van der Waals surface area contributed by atoms with Gasteiger partial charge in [0.15, 0.2) is 5.69 Å². The third kappa shape index (κ3) is 2.31. The van der Waals surface area contributed by atoms with Crippen molar-refractivity contribution in [3.8, 4) is 5.69 Å². The van der Waals surface area contributed by atoms with Crippen LogP contribution in [0.3, 0.4) is 0 Å². The number of esters is 1. The summed E-state index contributed by atoms with van der Waals surface area (Å²) in [7, 11) is 0. The van der Waals surface area contributed by atoms with Gasteiger partial charge < -0.3 is 10.5 Å². The van der Waals surface area contributed by atoms with Gasteiger partial charge in [0.25, 0.3) is 0 Å². The van der Waals surface area contributed by atoms with Gasteiger partial charge in [-0.2, -0.15) is 0 Å². The number of anilines is 1. The Hall–Kier alpha value is -2.89. The van der Waals surface area contributed by atoms with Crippen molar-refractivity contribution in [2.45, 2.75) is 6.92 Å². The molecule has 21 heavy (non-hydrogen) atoms. The van der Waals surface area contributed by atoms with Crippen molar-refractivity contribution in [3.05, 3.63) is 48.3 Å². The van der Waals surface area contributed by atoms with E-state index >= 15 is 0 Å². The normalized spacial score (nSPS) is 10.7. The molecule has 0 spiro atoms. The van der Waals surface area contributed by atoms with Crippen molar-refractivity contribution in [1.29, 1.82) is 0 Å². The third-order valence-electron chi connectivity index (χ3n) is 3.14. The number of hydrogen-bond donors (Lipinski definition) is 1. The van der Waals surface area contributed by atoms with E-state index < -0.39 is 5.97 Å². The number of hydrogen-bond acceptors (Lipinski definition) is 5. The standard InChI is InChI=1S/C15H14N4O2/c1-2-21-15(20)12-9-19(18-17-12)13-8-4-6-10-5-3-7-11(16)14(10)13/h3-9H,2,16H2,1H3. The number of carbonyl (C=O) groups is 1. The highest BCUT2D eigenvalue weighted by molar-refractivity contribution is 5.99. The van der Waals surface area contributed by atoms with Gasteiger partial charge in [-0.25, -0.2) is 9.48 Å². The molecule has 0 saturated heterocycles. The number of carbonyl (C=O) groups excluding carboxylic acids is 1. The zero-order valence-corrected chi connectivity index (χ0v) is 11.5. The number of ether oxygens (including phenoxy) is 1. The fourth-order valence-electron chi connectivity index (χ4n) is 2.22. The minimum absolute atomic E-state index is 0.170. The maximum atomic E-state index is 11.7. The molecule has 3 aromatic rings. The first-order chi connectivity index (χ1) is 10.2. The Labute approximate surface area is 121 Å². The molecule has 6 nitrogen and oxygen atoms in total. The van der Waals surface area contributed by atoms with Gasteiger partial charge in [0.05, 0.1) is 18.5 Å². The predicted octanol–water partition coefficient (Wildman–Crippen LogP) is 2.18. The Morgan fingerprint density at radius 1 is 1.29 bits per heavy atom. The van der Waals surface area contributed by atoms with E-state index in [1.54, 1.807) is 13.1 Å². The number of nitrogen functional groups attached to an aromatic ring is 1. The van der Waals surface area contributed by atoms with E-state index in [2.05, 4.69) is 10.3 Å². The van der Waals surface area contributed by atoms with Gasteiger partial charge in [0, 0.05) is 11.1 Å². The lowest BCUT2D eigenvalue weighted by molar-refractivity contribution is 0.0519. The lowest BCUT2D eigenvalue weighted by atomic mass is 10.1. The van der Waals surface area contributed by atoms with Crippen LogP contribution in [0, 0.1) is 0 Å². The summed E-state index contributed by atoms with van der Waals surface area (Å²) < 4.78 is 6.44. The monoisotopic (exact) mass is 282 g/mol. The van der Waals surface area contributed by atoms with Crippen molar-refractivity contribution < 1.29 is 9.53 Å². The zero-order chi connectivity index (χ0) is 14.8. The molecule has 0 aliphatic rings. The van der Waals surface area contributed by atoms with Crippen LogP contribution in [0.15, 0.2) is 42.6 Å². The first kappa shape index (κ1) is 13.1. The molecule has 2 aromatic carbocycles. The second-order valence-electron chi connectivity index (χ2n) is 4.49. The summed E-state index contributed by atoms with van der Waals surface area (Å²) in [4.78, 5) is 11.7. The van der Waals surface area contributed by atoms with E-state index in [4.69, 9.17) is 10.5 Å². The summed E-state index contributed by atoms with van der Waals surface area (Å²) in [6.45, 7) is 2.04. The number of benzene rings is 2. The number of aromatic nitrogens is 3. The first-order valence-corrected chi connectivity index (χ1v) is 6.57. The lowest BCUT2D eigenvalue weighted by Crippen LogP contribution is -2.04. The second-order valence-corrected chi connectivity index (χ2v) is 4.49. The third-order valence-corrected chi connectivity index (χ3v) is 3.14. The summed E-state index contributed by atoms with van der Waals surface area (Å²) in [5, 5.41) is 9.71. The van der Waals surface area contributed by atoms with Crippen LogP contribution in [0.1, 0.15) is 17.4 Å². The van der Waals surface area contributed by atoms with E-state index in [-0.39, 0.29) is 5.69 Å². The maximum Gasteiger partial charge on any atom is 0.360 e. The van der Waals surface area contributed by atoms with Crippen LogP contribution in [0.25, 0.3) is 16.5 Å². The largest absolute Gasteiger partial charge is 0.461 e. The van der Waals surface area contributed by atoms with Crippen LogP contribution in [0.4, 0.5) is 5.69 Å². The van der Waals surface area contributed by atoms with Crippen LogP contribution in [-0.2, 0) is 4.74 Å². The molecule has 0 radical (unpaired) electrons. The number of fused-ring (bicyclic) bond motifs is 1. The second kappa shape index (κ2) is 5.24. The first-order valence-electron chi connectivity index (χ1n) is 6.57. The van der Waals surface area contributed by atoms with Crippen LogP contribution in [0.2, 0.25) is 0 Å². The molecular weight excluding hydrogens is 268 g/mol. The Balaban J connectivity index is 2.11. The number of rotatable bonds is 3. The van der Waals surface area contributed by atoms with Crippen molar-refractivity contribution >= 4 is 22.4 Å². The van der Waals surface area contributed by atoms with Gasteiger partial charge in [-0.1, -0.05) is 29.5 Å². The van der Waals surface area contributed by atoms with Crippen LogP contribution >= 0.6 is 0 Å². The Kier molecular flexibility index (Phi) is 3.27. The fourth-order valence-corrected chi connectivity index (χ4v) is 2.22. The molecule has 0 aliphatic heterocycles. The molecule has 0 atom stereocenters. The molecule has 1 heterocycles. The molecule has 0 fully saturated rings. The average molecular weight is 282 g/mol. The van der Waals surface area contributed by atoms with Gasteiger partial charge >= 0.3 is 5.97 Å². The number of nitrogens with zero attached hydrogens (tertiary/aromatic N) is 3. The van der Waals surface area contributed by atoms with Crippen molar-refractivity contribution in [1.82, 2.24) is 15.0 Å². The molecule has 6 heteroatoms. The molecule has 2 N–H and O–H groups in total. The molecule has 0 unspecified atom stereocenters. The highest BCUT2D eigenvalue weighted by atomic mass is 16.5. The summed E-state index contributed by atoms with van der Waals surface area (Å²) in [6, 6.07) is 11.4. The molecule has 0 amide bonds. The van der Waals surface area contributed by atoms with Crippen LogP contribution in [-0.4, -0.2) is 27.6 Å². The van der Waals surface area contributed by atoms with E-state index in [1.165, 1.54) is 4.68 Å². The number of nitrogens with two attached hydrogens (primary N) is 1. The van der Waals surface area contributed by atoms with Gasteiger partial charge in [-0.15, -0.1) is 5.10 Å². The minimum Gasteiger partial charge on any atom is -0.461 e. The quantitative estimate of drug-likeness (QED) is 0.588. The fraction of sp³-hybridized carbons (Fsp3) is 0.133. The minimum atomic E-state index is -0.489. The Bertz CT molecular complexity index is 805. The summed E-state index contributed by atoms with van der Waals surface area (Å²) in [5.41, 5.74) is 7.65. The van der Waals surface area contributed by atoms with Gasteiger partial charge in [-0.3, -0.25) is 0 Å². The average Bonchev–Trinajstić information content (AvgIpc) is 2.97. The predicted molar refractivity (Wildman–Crippen MR) is 79.2 cm³/mol. The smallest absolute Gasteiger partial charge is 0.360 e. The van der Waals surface area contributed by atoms with Crippen molar-refractivity contribution in [3.63, 3.8) is 0 Å². The van der Waals surface area contributed by atoms with Crippen LogP contribution < -0.4 is 5.73 Å². The lowest BCUT2D eigenvalue weighted by Gasteiger charge is -2.08. The molecular formula is C15H14N4O2. The van der Waals surface area contributed by atoms with Gasteiger partial charge in [-0.05, 0) is 24.4 Å². The molecule has 1 aromatic heterocycles. The van der Waals surface area contributed by atoms with Crippen molar-refractivity contribution in [2.24, 2.45) is 0 Å². The SMILES string of the molecule is CCOC(=O)c1cn(-c2cccc3cccc(N)c23)nn1. The zero-order valence-electron chi connectivity index (χ0n) is 11.5. The molecule has 0 bridgehead atoms. The molecule has 0 aliphatic carbocycles. The highest BCUT2D eigenvalue weighted by Gasteiger charge is 2.14. The molecule has 106 valence electrons. The van der Waals surface area contributed by atoms with E-state index in [9.17, 15) is 4.79 Å². The van der Waals surface area contributed by atoms with E-state index in [1.807, 2.05) is 36.4 Å². The summed E-state index contributed by atoms with van der Waals surface area (Å²) in [5.74, 6) is -0.489. The van der Waals surface area contributed by atoms with Gasteiger partial charge in [0.2, 0.25) is 0 Å².